The number of hydrogen-bond acceptors (Lipinski definition) is 26. The first-order valence-electron chi connectivity index (χ1n) is 37.4. The van der Waals surface area contributed by atoms with Crippen LogP contribution in [0.4, 0.5) is 0 Å². The van der Waals surface area contributed by atoms with Gasteiger partial charge in [0.2, 0.25) is 41.6 Å². The Kier molecular flexibility index (Phi) is 14.8. The first-order valence-corrected chi connectivity index (χ1v) is 37.4. The highest BCUT2D eigenvalue weighted by molar-refractivity contribution is 5.84. The second-order valence-corrected chi connectivity index (χ2v) is 35.2. The zero-order valence-electron chi connectivity index (χ0n) is 59.5. The van der Waals surface area contributed by atoms with Crippen molar-refractivity contribution >= 4 is 42.6 Å². The van der Waals surface area contributed by atoms with Gasteiger partial charge in [-0.15, -0.1) is 0 Å². The Hall–Kier alpha value is -4.27. The van der Waals surface area contributed by atoms with Crippen molar-refractivity contribution in [3.05, 3.63) is 0 Å². The van der Waals surface area contributed by atoms with E-state index in [1.54, 1.807) is 4.90 Å². The lowest BCUT2D eigenvalue weighted by molar-refractivity contribution is -0.573. The molecule has 25 aliphatic rings. The summed E-state index contributed by atoms with van der Waals surface area (Å²) in [6, 6.07) is 0. The molecule has 33 atom stereocenters. The van der Waals surface area contributed by atoms with Crippen molar-refractivity contribution in [2.75, 3.05) is 26.6 Å². The van der Waals surface area contributed by atoms with Crippen LogP contribution in [0.5, 0.6) is 0 Å². The van der Waals surface area contributed by atoms with Gasteiger partial charge in [0.05, 0.1) is 6.54 Å². The van der Waals surface area contributed by atoms with Crippen molar-refractivity contribution in [3.63, 3.8) is 0 Å². The minimum atomic E-state index is -1.12. The van der Waals surface area contributed by atoms with E-state index >= 15 is 0 Å². The number of carboxylic acids is 1. The lowest BCUT2D eigenvalue weighted by Crippen LogP contribution is -2.84. The molecule has 2 N–H and O–H groups in total. The summed E-state index contributed by atoms with van der Waals surface area (Å²) in [6.07, 6.45) is 14.0. The van der Waals surface area contributed by atoms with E-state index < -0.39 is 53.8 Å². The van der Waals surface area contributed by atoms with Crippen LogP contribution in [0.1, 0.15) is 186 Å². The maximum atomic E-state index is 13.1. The molecule has 25 rings (SSSR count). The van der Waals surface area contributed by atoms with Gasteiger partial charge in [0.15, 0.2) is 31.5 Å². The second kappa shape index (κ2) is 21.9. The molecule has 18 unspecified atom stereocenters. The number of rotatable bonds is 8. The third-order valence-electron chi connectivity index (χ3n) is 32.2. The summed E-state index contributed by atoms with van der Waals surface area (Å²) < 4.78 is 59.4. The van der Waals surface area contributed by atoms with E-state index in [1.165, 1.54) is 6.42 Å². The zero-order chi connectivity index (χ0) is 69.9. The average molecular weight is 1410 g/mol. The van der Waals surface area contributed by atoms with Gasteiger partial charge in [-0.2, -0.15) is 0 Å². The van der Waals surface area contributed by atoms with Gasteiger partial charge in [0.1, 0.15) is 37.2 Å². The molecular formula is C72H100N4O24. The summed E-state index contributed by atoms with van der Waals surface area (Å²) in [5, 5.41) is 12.2. The number of carboxylic acid groups (broad SMARTS) is 1. The summed E-state index contributed by atoms with van der Waals surface area (Å²) in [6.45, 7) is 25.7. The second-order valence-electron chi connectivity index (χ2n) is 35.2. The fourth-order valence-electron chi connectivity index (χ4n) is 27.4. The fourth-order valence-corrected chi connectivity index (χ4v) is 27.4. The molecule has 0 aromatic heterocycles. The van der Waals surface area contributed by atoms with Crippen molar-refractivity contribution in [3.8, 4) is 0 Å². The maximum absolute atomic E-state index is 13.1. The van der Waals surface area contributed by atoms with E-state index in [0.717, 1.165) is 96.3 Å². The van der Waals surface area contributed by atoms with Gasteiger partial charge in [-0.3, -0.25) is 33.6 Å². The molecule has 0 aromatic rings. The van der Waals surface area contributed by atoms with E-state index in [9.17, 15) is 24.0 Å². The molecule has 28 nitrogen and oxygen atoms in total. The quantitative estimate of drug-likeness (QED) is 0.0759. The highest BCUT2D eigenvalue weighted by Gasteiger charge is 2.89. The van der Waals surface area contributed by atoms with E-state index in [4.69, 9.17) is 91.6 Å². The van der Waals surface area contributed by atoms with Gasteiger partial charge in [-0.05, 0) is 128 Å². The molecule has 1 amide bonds. The number of esters is 1. The number of piperidine rings is 1. The van der Waals surface area contributed by atoms with Crippen molar-refractivity contribution in [1.29, 1.82) is 0 Å². The Morgan fingerprint density at radius 1 is 0.510 bits per heavy atom. The number of nitrogens with zero attached hydrogens (tertiary/aromatic N) is 3. The third-order valence-corrected chi connectivity index (χ3v) is 32.2. The SMILES string of the molecule is C[C@@H]1CCC23C4OO[C@@]5(C)CCC41C2C(O5)N(COC=O)C(=O)[C@@H]3C.C[C@@H]1CCC23C4OO[C@@]5(C)CCC41C2[C@H](OC(=NCC(=O)O)[C@@H]3C)O5.C[C@@H]1CCC23C4OO[C@@]5(C)CCC41C2[C@H](OC(=NCOC=O)[C@@H]3C)O5.C[C@@H]1CCC23C4OO[C@@]5(C)CCC41C2[C@H](OC1(NCC(=O)O1)[C@@H]3C)O5. The van der Waals surface area contributed by atoms with Gasteiger partial charge in [-0.25, -0.2) is 54.4 Å². The van der Waals surface area contributed by atoms with Gasteiger partial charge < -0.3 is 47.7 Å². The Bertz CT molecular complexity index is 3500. The maximum Gasteiger partial charge on any atom is 0.325 e. The van der Waals surface area contributed by atoms with Crippen LogP contribution in [-0.2, 0) is 110 Å². The van der Waals surface area contributed by atoms with E-state index in [1.807, 2.05) is 34.6 Å². The highest BCUT2D eigenvalue weighted by atomic mass is 17.3. The first kappa shape index (κ1) is 67.6. The number of amides is 1. The molecule has 28 heteroatoms. The van der Waals surface area contributed by atoms with E-state index in [2.05, 4.69) is 63.8 Å². The van der Waals surface area contributed by atoms with Crippen LogP contribution in [0.2, 0.25) is 0 Å². The molecule has 13 saturated heterocycles. The molecule has 12 aliphatic carbocycles. The van der Waals surface area contributed by atoms with Crippen LogP contribution >= 0.6 is 0 Å². The first-order chi connectivity index (χ1) is 47.6. The van der Waals surface area contributed by atoms with Crippen molar-refractivity contribution in [2.24, 2.45) is 124 Å². The van der Waals surface area contributed by atoms with Crippen LogP contribution in [0.15, 0.2) is 9.98 Å². The molecule has 100 heavy (non-hydrogen) atoms. The van der Waals surface area contributed by atoms with Gasteiger partial charge in [-0.1, -0.05) is 55.4 Å². The monoisotopic (exact) mass is 1400 g/mol. The summed E-state index contributed by atoms with van der Waals surface area (Å²) in [4.78, 5) is 115. The number of likely N-dealkylation sites (tertiary alicyclic amines) is 1. The van der Waals surface area contributed by atoms with Crippen molar-refractivity contribution in [1.82, 2.24) is 10.2 Å². The largest absolute Gasteiger partial charge is 0.480 e. The molecule has 0 radical (unpaired) electrons. The van der Waals surface area contributed by atoms with Gasteiger partial charge in [0, 0.05) is 116 Å². The number of nitrogens with one attached hydrogen (secondary N) is 1. The van der Waals surface area contributed by atoms with Crippen molar-refractivity contribution in [2.45, 2.75) is 264 Å². The average Bonchev–Trinajstić information content (AvgIpc) is 1.18. The van der Waals surface area contributed by atoms with Gasteiger partial charge in [0.25, 0.3) is 18.9 Å². The van der Waals surface area contributed by atoms with E-state index in [-0.39, 0.29) is 154 Å². The van der Waals surface area contributed by atoms with Crippen LogP contribution in [0, 0.1) is 114 Å². The summed E-state index contributed by atoms with van der Waals surface area (Å²) in [7, 11) is 0. The number of hydrogen-bond donors (Lipinski definition) is 2. The zero-order valence-corrected chi connectivity index (χ0v) is 59.5. The molecule has 0 aromatic carbocycles. The van der Waals surface area contributed by atoms with Crippen molar-refractivity contribution < 1.29 is 116 Å². The van der Waals surface area contributed by atoms with Gasteiger partial charge >= 0.3 is 11.9 Å². The Morgan fingerprint density at radius 2 is 0.920 bits per heavy atom. The van der Waals surface area contributed by atoms with Crippen LogP contribution in [0.3, 0.4) is 0 Å². The lowest BCUT2D eigenvalue weighted by Gasteiger charge is -2.78. The lowest BCUT2D eigenvalue weighted by atomic mass is 9.30. The number of fused-ring (bicyclic) bond motifs is 16. The summed E-state index contributed by atoms with van der Waals surface area (Å²) in [5.41, 5.74) is -0.558. The Balaban J connectivity index is 0.0000000961. The fraction of sp³-hybridized carbons (Fsp3) is 0.903. The minimum absolute atomic E-state index is 0.00106. The Morgan fingerprint density at radius 3 is 1.37 bits per heavy atom. The van der Waals surface area contributed by atoms with Crippen LogP contribution < -0.4 is 5.32 Å². The molecule has 12 bridgehead atoms. The number of carbonyl (C=O) groups is 5. The normalized spacial score (nSPS) is 58.7. The molecule has 13 aliphatic heterocycles. The summed E-state index contributed by atoms with van der Waals surface area (Å²) >= 11 is 0. The number of aliphatic carboxylic acids is 1. The summed E-state index contributed by atoms with van der Waals surface area (Å²) in [5.74, 6) is -1.70. The smallest absolute Gasteiger partial charge is 0.325 e. The third kappa shape index (κ3) is 8.09. The topological polar surface area (TPSA) is 312 Å². The molecule has 12 saturated carbocycles. The Labute approximate surface area is 581 Å². The predicted octanol–water partition coefficient (Wildman–Crippen LogP) is 8.23. The molecule has 25 fully saturated rings. The number of ether oxygens (including phenoxy) is 10. The highest BCUT2D eigenvalue weighted by Crippen LogP contribution is 2.84. The molecular weight excluding hydrogens is 1300 g/mol. The molecule has 552 valence electrons. The minimum Gasteiger partial charge on any atom is -0.480 e. The molecule has 13 heterocycles. The predicted molar refractivity (Wildman–Crippen MR) is 336 cm³/mol. The van der Waals surface area contributed by atoms with Crippen LogP contribution in [0.25, 0.3) is 0 Å². The van der Waals surface area contributed by atoms with Crippen LogP contribution in [-0.4, -0.2) is 158 Å². The number of carbonyl (C=O) groups excluding carboxylic acids is 4. The molecule has 9 spiro atoms. The number of aliphatic imine (C=N–C) groups is 2. The standard InChI is InChI=1S/4C18H25NO6/c1-9-4-5-17-10(2)18(19-8-11(20)21-18)23-13-12(17)16(9)7-6-15(3,22-13)25-24-14(16)17;1-10-4-5-18-11(2)13(19-8-21-9-20)22-14-12(18)17(10)7-6-16(3,23-14)25-24-15(17)18;1-10-4-5-18-11(2)13(21)19(8-22-9-20)14-12(18)17(10)7-6-16(3,23-14)25-24-15(17)18;1-9-4-5-18-10(2)13(19-8-11(20)21)22-14-12(18)17(9)7-6-16(3,23-14)25-24-15(17)18/h9-10,12-14,19H,4-8H2,1-3H3;2*9-12,14-15H,4-8H2,1-3H3;9-10,12,14-15H,4-8H2,1-3H3,(H,20,21)/t9-,10-,12?,13+,14?,15+,16?,17?,18?;10-,11+,12?,14-,15?,16+,17?,18?;10-,11+,12?,14?,15?,16+,17?,18?;9-,10+,12?,14-,15?,16+,17?,18?/m1111/s1. The van der Waals surface area contributed by atoms with E-state index in [0.29, 0.717) is 54.3 Å².